The van der Waals surface area contributed by atoms with Crippen LogP contribution in [0, 0.1) is 5.92 Å². The Kier molecular flexibility index (Phi) is 11.9. The molecule has 0 atom stereocenters. The second-order valence-electron chi connectivity index (χ2n) is 17.2. The van der Waals surface area contributed by atoms with Gasteiger partial charge in [0, 0.05) is 105 Å². The van der Waals surface area contributed by atoms with Gasteiger partial charge in [0.25, 0.3) is 5.56 Å². The quantitative estimate of drug-likeness (QED) is 0.102. The Hall–Kier alpha value is -5.89. The summed E-state index contributed by atoms with van der Waals surface area (Å²) in [5.74, 6) is 2.52. The lowest BCUT2D eigenvalue weighted by Gasteiger charge is -2.40. The predicted octanol–water partition coefficient (Wildman–Crippen LogP) is 7.03. The SMILES string of the molecule is COc1cc(N2CCC(CN3CCN(c4ccc(-n5ccc(=O)[nH]c5=O)cc4)CC3)CC2)c(-c2cnn(C)c2)cc1Nc1ncc(Cl)c(Nc2ccc(C3CC3)cc2P(C)(C)=O)n1. The first-order chi connectivity index (χ1) is 30.4. The summed E-state index contributed by atoms with van der Waals surface area (Å²) in [7, 11) is 0.973. The number of benzene rings is 3. The standard InChI is InChI=1S/C46H53ClN11O4P/c1-54-29-33(26-49-54)36-24-39(51-45-48-27-37(47)44(53-45)50-38-12-7-32(31-5-6-31)23-42(38)63(3,4)61)41(62-2)25-40(36)57-16-13-30(14-17-57)28-55-19-21-56(22-20-55)34-8-10-35(11-9-34)58-18-15-43(59)52-46(58)60/h7-12,15,18,23-27,29-31H,5-6,13-14,16-17,19-22,28H2,1-4H3,(H,52,59,60)(H2,48,50,51,53). The maximum atomic E-state index is 13.4. The first-order valence-electron chi connectivity index (χ1n) is 21.5. The highest BCUT2D eigenvalue weighted by Crippen LogP contribution is 2.45. The molecule has 0 spiro atoms. The van der Waals surface area contributed by atoms with Crippen molar-refractivity contribution < 1.29 is 9.30 Å². The van der Waals surface area contributed by atoms with E-state index in [9.17, 15) is 14.2 Å². The van der Waals surface area contributed by atoms with Gasteiger partial charge in [-0.05, 0) is 98.9 Å². The molecule has 0 bridgehead atoms. The molecule has 17 heteroatoms. The van der Waals surface area contributed by atoms with Gasteiger partial charge in [-0.3, -0.25) is 23.9 Å². The molecule has 15 nitrogen and oxygen atoms in total. The van der Waals surface area contributed by atoms with Crippen molar-refractivity contribution in [2.75, 3.05) is 86.7 Å². The largest absolute Gasteiger partial charge is 0.494 e. The number of hydrogen-bond donors (Lipinski definition) is 3. The molecule has 3 aromatic carbocycles. The number of aromatic amines is 1. The van der Waals surface area contributed by atoms with Crippen LogP contribution in [0.3, 0.4) is 0 Å². The highest BCUT2D eigenvalue weighted by molar-refractivity contribution is 7.70. The van der Waals surface area contributed by atoms with Crippen molar-refractivity contribution in [3.05, 3.63) is 117 Å². The predicted molar refractivity (Wildman–Crippen MR) is 253 cm³/mol. The molecule has 63 heavy (non-hydrogen) atoms. The van der Waals surface area contributed by atoms with E-state index < -0.39 is 18.4 Å². The van der Waals surface area contributed by atoms with Gasteiger partial charge in [-0.1, -0.05) is 17.7 Å². The molecule has 0 unspecified atom stereocenters. The lowest BCUT2D eigenvalue weighted by Crippen LogP contribution is -2.49. The second-order valence-corrected chi connectivity index (χ2v) is 20.8. The average molecular weight is 890 g/mol. The summed E-state index contributed by atoms with van der Waals surface area (Å²) < 4.78 is 22.7. The molecule has 3 aliphatic rings. The van der Waals surface area contributed by atoms with Crippen LogP contribution in [-0.2, 0) is 11.6 Å². The highest BCUT2D eigenvalue weighted by Gasteiger charge is 2.29. The summed E-state index contributed by atoms with van der Waals surface area (Å²) in [5.41, 5.74) is 6.71. The summed E-state index contributed by atoms with van der Waals surface area (Å²) >= 11 is 6.66. The topological polar surface area (TPSA) is 159 Å². The number of methoxy groups -OCH3 is 1. The Morgan fingerprint density at radius 3 is 2.27 bits per heavy atom. The number of H-pyrrole nitrogens is 1. The van der Waals surface area contributed by atoms with Crippen LogP contribution in [0.1, 0.15) is 37.2 Å². The Morgan fingerprint density at radius 1 is 0.857 bits per heavy atom. The van der Waals surface area contributed by atoms with E-state index >= 15 is 0 Å². The summed E-state index contributed by atoms with van der Waals surface area (Å²) in [6, 6.07) is 19.6. The van der Waals surface area contributed by atoms with Crippen LogP contribution in [0.15, 0.2) is 95.0 Å². The zero-order valence-corrected chi connectivity index (χ0v) is 37.7. The fraction of sp³-hybridized carbons (Fsp3) is 0.370. The molecule has 328 valence electrons. The van der Waals surface area contributed by atoms with E-state index in [0.29, 0.717) is 45.7 Å². The first kappa shape index (κ1) is 42.4. The van der Waals surface area contributed by atoms with E-state index in [1.165, 1.54) is 22.4 Å². The summed E-state index contributed by atoms with van der Waals surface area (Å²) in [4.78, 5) is 42.8. The lowest BCUT2D eigenvalue weighted by atomic mass is 9.94. The number of aromatic nitrogens is 6. The molecule has 1 saturated carbocycles. The van der Waals surface area contributed by atoms with Crippen LogP contribution in [-0.4, -0.2) is 100 Å². The van der Waals surface area contributed by atoms with Crippen LogP contribution < -0.4 is 41.7 Å². The first-order valence-corrected chi connectivity index (χ1v) is 24.5. The molecule has 2 aliphatic heterocycles. The van der Waals surface area contributed by atoms with Gasteiger partial charge < -0.3 is 29.7 Å². The monoisotopic (exact) mass is 889 g/mol. The van der Waals surface area contributed by atoms with Crippen LogP contribution in [0.2, 0.25) is 5.02 Å². The Labute approximate surface area is 371 Å². The van der Waals surface area contributed by atoms with Gasteiger partial charge in [0.15, 0.2) is 5.82 Å². The van der Waals surface area contributed by atoms with E-state index in [1.54, 1.807) is 26.6 Å². The maximum absolute atomic E-state index is 13.4. The third kappa shape index (κ3) is 9.56. The number of piperazine rings is 1. The van der Waals surface area contributed by atoms with Crippen LogP contribution in [0.5, 0.6) is 5.75 Å². The summed E-state index contributed by atoms with van der Waals surface area (Å²) in [6.45, 7) is 10.3. The van der Waals surface area contributed by atoms with Crippen LogP contribution in [0.25, 0.3) is 16.8 Å². The fourth-order valence-corrected chi connectivity index (χ4v) is 10.1. The molecule has 5 heterocycles. The Morgan fingerprint density at radius 2 is 1.60 bits per heavy atom. The molecule has 3 N–H and O–H groups in total. The summed E-state index contributed by atoms with van der Waals surface area (Å²) in [5, 5.41) is 12.4. The van der Waals surface area contributed by atoms with Crippen molar-refractivity contribution >= 4 is 58.6 Å². The fourth-order valence-electron chi connectivity index (χ4n) is 8.78. The molecule has 2 saturated heterocycles. The minimum absolute atomic E-state index is 0.331. The van der Waals surface area contributed by atoms with Crippen molar-refractivity contribution in [1.82, 2.24) is 34.2 Å². The second kappa shape index (κ2) is 17.7. The molecule has 3 aromatic heterocycles. The van der Waals surface area contributed by atoms with Gasteiger partial charge in [-0.2, -0.15) is 10.1 Å². The van der Waals surface area contributed by atoms with Gasteiger partial charge in [0.05, 0.1) is 36.6 Å². The van der Waals surface area contributed by atoms with Crippen molar-refractivity contribution in [3.8, 4) is 22.6 Å². The number of hydrogen-bond acceptors (Lipinski definition) is 12. The molecule has 3 fully saturated rings. The molecule has 6 aromatic rings. The van der Waals surface area contributed by atoms with Crippen molar-refractivity contribution in [2.45, 2.75) is 31.6 Å². The van der Waals surface area contributed by atoms with Gasteiger partial charge in [0.1, 0.15) is 17.9 Å². The lowest BCUT2D eigenvalue weighted by molar-refractivity contribution is 0.201. The molecule has 0 radical (unpaired) electrons. The van der Waals surface area contributed by atoms with E-state index in [0.717, 1.165) is 105 Å². The smallest absolute Gasteiger partial charge is 0.332 e. The van der Waals surface area contributed by atoms with E-state index in [4.69, 9.17) is 21.3 Å². The molecule has 9 rings (SSSR count). The Balaban J connectivity index is 0.863. The molecule has 1 aliphatic carbocycles. The molecular weight excluding hydrogens is 837 g/mol. The van der Waals surface area contributed by atoms with Gasteiger partial charge in [-0.15, -0.1) is 0 Å². The zero-order valence-electron chi connectivity index (χ0n) is 36.1. The van der Waals surface area contributed by atoms with Crippen molar-refractivity contribution in [3.63, 3.8) is 0 Å². The summed E-state index contributed by atoms with van der Waals surface area (Å²) in [6.07, 6.45) is 11.4. The Bertz CT molecular complexity index is 2780. The third-order valence-electron chi connectivity index (χ3n) is 12.4. The third-order valence-corrected chi connectivity index (χ3v) is 14.2. The number of rotatable bonds is 13. The molecular formula is C46H53ClN11O4P. The van der Waals surface area contributed by atoms with Crippen LogP contribution >= 0.6 is 18.7 Å². The maximum Gasteiger partial charge on any atom is 0.332 e. The minimum atomic E-state index is -2.62. The normalized spacial score (nSPS) is 16.3. The number of nitrogens with one attached hydrogen (secondary N) is 3. The number of nitrogens with zero attached hydrogens (tertiary/aromatic N) is 8. The van der Waals surface area contributed by atoms with Gasteiger partial charge in [-0.25, -0.2) is 9.78 Å². The number of ether oxygens (including phenoxy) is 1. The van der Waals surface area contributed by atoms with Crippen molar-refractivity contribution in [1.29, 1.82) is 0 Å². The van der Waals surface area contributed by atoms with Crippen molar-refractivity contribution in [2.24, 2.45) is 13.0 Å². The number of piperidine rings is 1. The minimum Gasteiger partial charge on any atom is -0.494 e. The van der Waals surface area contributed by atoms with Crippen LogP contribution in [0.4, 0.5) is 34.5 Å². The average Bonchev–Trinajstić information content (AvgIpc) is 4.04. The molecule has 0 amide bonds. The number of anilines is 6. The number of halogens is 1. The van der Waals surface area contributed by atoms with E-state index in [2.05, 4.69) is 64.7 Å². The van der Waals surface area contributed by atoms with E-state index in [1.807, 2.05) is 54.5 Å². The van der Waals surface area contributed by atoms with Gasteiger partial charge in [0.2, 0.25) is 5.95 Å². The van der Waals surface area contributed by atoms with E-state index in [-0.39, 0.29) is 0 Å². The van der Waals surface area contributed by atoms with Gasteiger partial charge >= 0.3 is 5.69 Å². The highest BCUT2D eigenvalue weighted by atomic mass is 35.5. The number of aryl methyl sites for hydroxylation is 1. The zero-order chi connectivity index (χ0) is 43.8.